The zero-order valence-electron chi connectivity index (χ0n) is 17.3. The number of hydrogen-bond donors (Lipinski definition) is 1. The maximum Gasteiger partial charge on any atom is 0.211 e. The lowest BCUT2D eigenvalue weighted by Gasteiger charge is -2.52. The minimum absolute atomic E-state index is 0.332. The highest BCUT2D eigenvalue weighted by molar-refractivity contribution is 7.88. The fraction of sp³-hybridized carbons (Fsp3) is 0.500. The van der Waals surface area contributed by atoms with E-state index in [2.05, 4.69) is 31.0 Å². The zero-order chi connectivity index (χ0) is 21.6. The van der Waals surface area contributed by atoms with Crippen LogP contribution < -0.4 is 0 Å². The second kappa shape index (κ2) is 7.40. The van der Waals surface area contributed by atoms with E-state index in [9.17, 15) is 13.7 Å². The minimum atomic E-state index is -3.14. The standard InChI is InChI=1S/C20H24N8O2S/c1-31(29,30)27-8-6-26(7-9-27)16-10-20(11-16,3-4-21)28-13-15(12-25-28)18-17-2-5-22-19(17)24-14-23-18/h2,5,12-14,16H,3,6-11H2,1H3,(H,22,23,24)/t16-,20-. The average Bonchev–Trinajstić information content (AvgIpc) is 3.39. The van der Waals surface area contributed by atoms with Gasteiger partial charge < -0.3 is 4.98 Å². The third-order valence-corrected chi connectivity index (χ3v) is 7.90. The molecular weight excluding hydrogens is 416 g/mol. The van der Waals surface area contributed by atoms with E-state index in [1.165, 1.54) is 16.9 Å². The van der Waals surface area contributed by atoms with Gasteiger partial charge in [-0.2, -0.15) is 14.7 Å². The maximum atomic E-state index is 11.8. The Morgan fingerprint density at radius 3 is 2.74 bits per heavy atom. The number of aromatic amines is 1. The van der Waals surface area contributed by atoms with Crippen LogP contribution in [0, 0.1) is 11.3 Å². The van der Waals surface area contributed by atoms with Gasteiger partial charge in [-0.15, -0.1) is 0 Å². The van der Waals surface area contributed by atoms with Gasteiger partial charge in [0.05, 0.1) is 36.2 Å². The topological polar surface area (TPSA) is 124 Å². The smallest absolute Gasteiger partial charge is 0.211 e. The molecule has 0 amide bonds. The predicted molar refractivity (Wildman–Crippen MR) is 114 cm³/mol. The van der Waals surface area contributed by atoms with Gasteiger partial charge in [-0.1, -0.05) is 0 Å². The van der Waals surface area contributed by atoms with Crippen molar-refractivity contribution in [1.29, 1.82) is 5.26 Å². The number of sulfonamides is 1. The molecule has 1 N–H and O–H groups in total. The number of nitrogens with zero attached hydrogens (tertiary/aromatic N) is 7. The highest BCUT2D eigenvalue weighted by Crippen LogP contribution is 2.45. The monoisotopic (exact) mass is 440 g/mol. The van der Waals surface area contributed by atoms with Gasteiger partial charge in [0.15, 0.2) is 0 Å². The molecule has 1 aliphatic heterocycles. The Hall–Kier alpha value is -2.81. The fourth-order valence-electron chi connectivity index (χ4n) is 4.84. The van der Waals surface area contributed by atoms with Gasteiger partial charge in [-0.05, 0) is 18.9 Å². The van der Waals surface area contributed by atoms with Crippen LogP contribution in [0.15, 0.2) is 31.0 Å². The van der Waals surface area contributed by atoms with Crippen LogP contribution in [0.25, 0.3) is 22.3 Å². The van der Waals surface area contributed by atoms with Crippen LogP contribution in [0.5, 0.6) is 0 Å². The van der Waals surface area contributed by atoms with Gasteiger partial charge in [0.2, 0.25) is 10.0 Å². The molecule has 11 heteroatoms. The van der Waals surface area contributed by atoms with Crippen molar-refractivity contribution in [1.82, 2.24) is 33.9 Å². The summed E-state index contributed by atoms with van der Waals surface area (Å²) in [5, 5.41) is 15.0. The zero-order valence-corrected chi connectivity index (χ0v) is 18.1. The Morgan fingerprint density at radius 2 is 2.03 bits per heavy atom. The summed E-state index contributed by atoms with van der Waals surface area (Å²) in [6.45, 7) is 2.48. The Bertz CT molecular complexity index is 1240. The Balaban J connectivity index is 1.33. The molecule has 3 aromatic rings. The van der Waals surface area contributed by atoms with Crippen LogP contribution in [0.4, 0.5) is 0 Å². The van der Waals surface area contributed by atoms with E-state index in [0.29, 0.717) is 25.6 Å². The van der Waals surface area contributed by atoms with E-state index in [-0.39, 0.29) is 5.54 Å². The van der Waals surface area contributed by atoms with E-state index in [1.807, 2.05) is 23.1 Å². The summed E-state index contributed by atoms with van der Waals surface area (Å²) < 4.78 is 27.0. The van der Waals surface area contributed by atoms with E-state index in [0.717, 1.165) is 48.2 Å². The Labute approximate surface area is 180 Å². The molecule has 0 spiro atoms. The first-order valence-corrected chi connectivity index (χ1v) is 12.1. The molecule has 0 aromatic carbocycles. The summed E-state index contributed by atoms with van der Waals surface area (Å²) in [6, 6.07) is 4.62. The molecule has 2 aliphatic rings. The van der Waals surface area contributed by atoms with Crippen molar-refractivity contribution in [2.24, 2.45) is 0 Å². The van der Waals surface area contributed by atoms with Crippen molar-refractivity contribution >= 4 is 21.1 Å². The number of rotatable bonds is 5. The Kier molecular flexibility index (Phi) is 4.80. The highest BCUT2D eigenvalue weighted by atomic mass is 32.2. The molecule has 4 heterocycles. The second-order valence-electron chi connectivity index (χ2n) is 8.46. The summed E-state index contributed by atoms with van der Waals surface area (Å²) in [5.41, 5.74) is 2.16. The lowest BCUT2D eigenvalue weighted by molar-refractivity contribution is -0.00888. The van der Waals surface area contributed by atoms with Gasteiger partial charge in [-0.3, -0.25) is 9.58 Å². The number of aromatic nitrogens is 5. The Morgan fingerprint density at radius 1 is 1.26 bits per heavy atom. The first-order valence-electron chi connectivity index (χ1n) is 10.3. The summed E-state index contributed by atoms with van der Waals surface area (Å²) >= 11 is 0. The molecule has 0 atom stereocenters. The summed E-state index contributed by atoms with van der Waals surface area (Å²) in [7, 11) is -3.14. The highest BCUT2D eigenvalue weighted by Gasteiger charge is 2.49. The number of H-pyrrole nitrogens is 1. The van der Waals surface area contributed by atoms with Gasteiger partial charge in [0, 0.05) is 55.6 Å². The first-order chi connectivity index (χ1) is 14.9. The van der Waals surface area contributed by atoms with E-state index in [4.69, 9.17) is 0 Å². The number of hydrogen-bond acceptors (Lipinski definition) is 7. The van der Waals surface area contributed by atoms with E-state index < -0.39 is 10.0 Å². The fourth-order valence-corrected chi connectivity index (χ4v) is 5.67. The molecule has 0 radical (unpaired) electrons. The van der Waals surface area contributed by atoms with E-state index in [1.54, 1.807) is 6.20 Å². The van der Waals surface area contributed by atoms with Crippen molar-refractivity contribution in [3.8, 4) is 17.3 Å². The summed E-state index contributed by atoms with van der Waals surface area (Å²) in [4.78, 5) is 14.1. The van der Waals surface area contributed by atoms with Crippen LogP contribution in [0.3, 0.4) is 0 Å². The lowest BCUT2D eigenvalue weighted by atomic mass is 9.70. The van der Waals surface area contributed by atoms with Crippen molar-refractivity contribution in [3.63, 3.8) is 0 Å². The van der Waals surface area contributed by atoms with Crippen LogP contribution in [-0.2, 0) is 15.6 Å². The summed E-state index contributed by atoms with van der Waals surface area (Å²) in [6.07, 6.45) is 10.4. The molecule has 0 unspecified atom stereocenters. The molecule has 0 bridgehead atoms. The molecule has 5 rings (SSSR count). The SMILES string of the molecule is CS(=O)(=O)N1CCN([C@H]2C[C@](CC#N)(n3cc(-c4ncnc5[nH]ccc45)cn3)C2)CC1. The van der Waals surface area contributed by atoms with Crippen molar-refractivity contribution < 1.29 is 8.42 Å². The van der Waals surface area contributed by atoms with Crippen molar-refractivity contribution in [2.45, 2.75) is 30.8 Å². The average molecular weight is 441 g/mol. The number of nitrogens with one attached hydrogen (secondary N) is 1. The van der Waals surface area contributed by atoms with Gasteiger partial charge in [0.1, 0.15) is 12.0 Å². The largest absolute Gasteiger partial charge is 0.346 e. The van der Waals surface area contributed by atoms with Crippen LogP contribution >= 0.6 is 0 Å². The molecular formula is C20H24N8O2S. The van der Waals surface area contributed by atoms with Crippen LogP contribution in [0.1, 0.15) is 19.3 Å². The molecule has 10 nitrogen and oxygen atoms in total. The number of fused-ring (bicyclic) bond motifs is 1. The second-order valence-corrected chi connectivity index (χ2v) is 10.4. The molecule has 162 valence electrons. The number of nitriles is 1. The first kappa shape index (κ1) is 20.1. The molecule has 2 fully saturated rings. The quantitative estimate of drug-likeness (QED) is 0.631. The maximum absolute atomic E-state index is 11.8. The third kappa shape index (κ3) is 3.50. The van der Waals surface area contributed by atoms with Crippen molar-refractivity contribution in [2.75, 3.05) is 32.4 Å². The molecule has 1 saturated heterocycles. The van der Waals surface area contributed by atoms with Gasteiger partial charge in [-0.25, -0.2) is 18.4 Å². The van der Waals surface area contributed by atoms with E-state index >= 15 is 0 Å². The lowest BCUT2D eigenvalue weighted by Crippen LogP contribution is -2.60. The normalized spacial score (nSPS) is 25.4. The third-order valence-electron chi connectivity index (χ3n) is 6.59. The van der Waals surface area contributed by atoms with Crippen molar-refractivity contribution in [3.05, 3.63) is 31.0 Å². The van der Waals surface area contributed by atoms with Crippen LogP contribution in [0.2, 0.25) is 0 Å². The number of piperazine rings is 1. The minimum Gasteiger partial charge on any atom is -0.346 e. The van der Waals surface area contributed by atoms with Gasteiger partial charge >= 0.3 is 0 Å². The molecule has 3 aromatic heterocycles. The van der Waals surface area contributed by atoms with Crippen LogP contribution in [-0.4, -0.2) is 80.8 Å². The summed E-state index contributed by atoms with van der Waals surface area (Å²) in [5.74, 6) is 0. The van der Waals surface area contributed by atoms with Gasteiger partial charge in [0.25, 0.3) is 0 Å². The molecule has 31 heavy (non-hydrogen) atoms. The molecule has 1 aliphatic carbocycles. The predicted octanol–water partition coefficient (Wildman–Crippen LogP) is 1.17. The molecule has 1 saturated carbocycles.